The number of amides is 1. The zero-order chi connectivity index (χ0) is 54.4. The average molecular weight is 1040 g/mol. The molecule has 16 nitrogen and oxygen atoms in total. The number of nitrogens with zero attached hydrogens (tertiary/aromatic N) is 2. The Hall–Kier alpha value is -3.87. The number of fused-ring (bicyclic) bond motifs is 3. The molecule has 4 aliphatic heterocycles. The van der Waals surface area contributed by atoms with Crippen LogP contribution in [0.25, 0.3) is 0 Å². The van der Waals surface area contributed by atoms with Crippen LogP contribution in [0.2, 0.25) is 0 Å². The lowest BCUT2D eigenvalue weighted by atomic mass is 9.78. The van der Waals surface area contributed by atoms with E-state index in [9.17, 15) is 39.3 Å². The smallest absolute Gasteiger partial charge is 0.329 e. The van der Waals surface area contributed by atoms with E-state index in [4.69, 9.17) is 28.4 Å². The molecule has 3 saturated heterocycles. The lowest BCUT2D eigenvalue weighted by Gasteiger charge is -2.42. The van der Waals surface area contributed by atoms with Crippen molar-refractivity contribution in [3.8, 4) is 0 Å². The highest BCUT2D eigenvalue weighted by Gasteiger charge is 2.53. The summed E-state index contributed by atoms with van der Waals surface area (Å²) in [6, 6.07) is -1.15. The number of aliphatic hydroxyl groups is 3. The topological polar surface area (TPSA) is 208 Å². The molecule has 0 radical (unpaired) electrons. The molecule has 0 aromatic rings. The second kappa shape index (κ2) is 28.5. The van der Waals surface area contributed by atoms with E-state index in [0.29, 0.717) is 82.9 Å². The standard InChI is InChI=1S/C58H90N2O14/c1-35-17-13-12-14-18-36(2)49(69-9)31-45-22-20-41(7)58(68,74-45)55(65)56(66)60-25-16-15-19-46(60)57(67)73-50(32-47(62)38(4)28-40(6)53(64)54(71-11)42(8)37(3)27-35)39(5)29-43-21-23-48(51(30-43)70-10)72-52(63)34-59-26-24-44(61)33-59/h12-14,17-18,28,35,37-39,41,43-46,48-51,53-54,61,64,68H,8,15-16,19-27,29-34H2,1-7,9-11H3/b14-12+,17-13+,36-18+,40-28+/t35-,37-,38-,39-,41-,43+,44-,45+,46+,48-,49+,50+,51-,53-,54+,58-/m1/s1. The maximum atomic E-state index is 14.6. The molecule has 4 heterocycles. The van der Waals surface area contributed by atoms with Crippen molar-refractivity contribution in [2.45, 2.75) is 193 Å². The third kappa shape index (κ3) is 16.3. The molecule has 2 bridgehead atoms. The summed E-state index contributed by atoms with van der Waals surface area (Å²) in [5, 5.41) is 33.7. The van der Waals surface area contributed by atoms with E-state index in [2.05, 4.69) is 26.5 Å². The normalized spacial score (nSPS) is 39.2. The predicted molar refractivity (Wildman–Crippen MR) is 280 cm³/mol. The van der Waals surface area contributed by atoms with Crippen molar-refractivity contribution in [1.29, 1.82) is 0 Å². The minimum absolute atomic E-state index is 0.0177. The molecule has 16 heteroatoms. The van der Waals surface area contributed by atoms with Crippen molar-refractivity contribution in [3.63, 3.8) is 0 Å². The van der Waals surface area contributed by atoms with Crippen molar-refractivity contribution in [1.82, 2.24) is 9.80 Å². The van der Waals surface area contributed by atoms with Gasteiger partial charge in [-0.3, -0.25) is 24.1 Å². The zero-order valence-corrected chi connectivity index (χ0v) is 46.1. The Morgan fingerprint density at radius 1 is 0.865 bits per heavy atom. The van der Waals surface area contributed by atoms with Gasteiger partial charge in [-0.1, -0.05) is 77.7 Å². The van der Waals surface area contributed by atoms with Crippen molar-refractivity contribution in [3.05, 3.63) is 59.8 Å². The molecule has 416 valence electrons. The number of piperidine rings is 1. The van der Waals surface area contributed by atoms with E-state index in [1.165, 1.54) is 12.0 Å². The highest BCUT2D eigenvalue weighted by molar-refractivity contribution is 6.39. The van der Waals surface area contributed by atoms with E-state index < -0.39 is 84.1 Å². The fraction of sp³-hybridized carbons (Fsp3) is 0.741. The number of aliphatic hydroxyl groups excluding tert-OH is 2. The van der Waals surface area contributed by atoms with Crippen LogP contribution in [0, 0.1) is 35.5 Å². The average Bonchev–Trinajstić information content (AvgIpc) is 3.78. The lowest BCUT2D eigenvalue weighted by molar-refractivity contribution is -0.265. The molecular formula is C58H90N2O14. The number of hydrogen-bond donors (Lipinski definition) is 3. The van der Waals surface area contributed by atoms with Gasteiger partial charge >= 0.3 is 11.9 Å². The first-order valence-corrected chi connectivity index (χ1v) is 27.3. The van der Waals surface area contributed by atoms with Crippen LogP contribution < -0.4 is 0 Å². The third-order valence-electron chi connectivity index (χ3n) is 16.6. The number of β-amino-alcohol motifs (C(OH)–C–C–N with tert-alkyl or cyclic N) is 1. The van der Waals surface area contributed by atoms with Gasteiger partial charge in [0.05, 0.1) is 31.0 Å². The molecule has 3 N–H and O–H groups in total. The number of allylic oxidation sites excluding steroid dienone is 6. The number of likely N-dealkylation sites (tertiary alicyclic amines) is 1. The van der Waals surface area contributed by atoms with Crippen molar-refractivity contribution < 1.29 is 67.7 Å². The second-order valence-electron chi connectivity index (χ2n) is 22.4. The van der Waals surface area contributed by atoms with E-state index in [-0.39, 0.29) is 67.5 Å². The van der Waals surface area contributed by atoms with Gasteiger partial charge in [0, 0.05) is 65.6 Å². The Bertz CT molecular complexity index is 2050. The molecular weight excluding hydrogens is 949 g/mol. The van der Waals surface area contributed by atoms with Gasteiger partial charge in [0.2, 0.25) is 5.79 Å². The van der Waals surface area contributed by atoms with Gasteiger partial charge in [0.15, 0.2) is 0 Å². The number of ketones is 2. The number of ether oxygens (including phenoxy) is 6. The number of esters is 2. The summed E-state index contributed by atoms with van der Waals surface area (Å²) >= 11 is 0. The summed E-state index contributed by atoms with van der Waals surface area (Å²) in [6.45, 7) is 18.8. The van der Waals surface area contributed by atoms with Gasteiger partial charge in [0.1, 0.15) is 36.2 Å². The number of hydrogen-bond acceptors (Lipinski definition) is 15. The summed E-state index contributed by atoms with van der Waals surface area (Å²) in [4.78, 5) is 73.7. The van der Waals surface area contributed by atoms with Gasteiger partial charge in [-0.15, -0.1) is 0 Å². The van der Waals surface area contributed by atoms with Gasteiger partial charge in [0.25, 0.3) is 11.7 Å². The van der Waals surface area contributed by atoms with Gasteiger partial charge in [-0.05, 0) is 125 Å². The van der Waals surface area contributed by atoms with Crippen LogP contribution in [-0.2, 0) is 52.4 Å². The Morgan fingerprint density at radius 2 is 1.61 bits per heavy atom. The Balaban J connectivity index is 1.42. The van der Waals surface area contributed by atoms with Crippen LogP contribution in [0.3, 0.4) is 0 Å². The van der Waals surface area contributed by atoms with E-state index in [1.54, 1.807) is 41.1 Å². The molecule has 0 unspecified atom stereocenters. The molecule has 4 fully saturated rings. The van der Waals surface area contributed by atoms with Crippen molar-refractivity contribution >= 4 is 29.4 Å². The van der Waals surface area contributed by atoms with E-state index in [0.717, 1.165) is 17.6 Å². The number of Topliss-reactive ketones (excluding diaryl/α,β-unsaturated/α-hetero) is 2. The van der Waals surface area contributed by atoms with Crippen LogP contribution in [0.5, 0.6) is 0 Å². The minimum atomic E-state index is -2.44. The first kappa shape index (κ1) is 61.0. The SMILES string of the molecule is C=C1[C@H](C)C[C@H](C)/C=C/C=C/C=C(\C)[C@@H](OC)C[C@@H]2CC[C@@H](C)[C@@](O)(O2)C(=O)C(=O)N2CCCC[C@H]2C(=O)O[C@H]([C@H](C)C[C@@H]2CC[C@@H](OC(=O)CN3CC[C@@H](O)C3)[C@H](OC)C2)CC(=O)[C@H](C)/C=C(\C)[C@@H](O)[C@H]1OC. The summed E-state index contributed by atoms with van der Waals surface area (Å²) in [6.07, 6.45) is 12.6. The number of methoxy groups -OCH3 is 3. The van der Waals surface area contributed by atoms with Crippen LogP contribution in [0.1, 0.15) is 132 Å². The van der Waals surface area contributed by atoms with E-state index >= 15 is 0 Å². The molecule has 0 spiro atoms. The summed E-state index contributed by atoms with van der Waals surface area (Å²) in [7, 11) is 4.71. The summed E-state index contributed by atoms with van der Waals surface area (Å²) in [5.74, 6) is -7.53. The largest absolute Gasteiger partial charge is 0.460 e. The quantitative estimate of drug-likeness (QED) is 0.124. The highest BCUT2D eigenvalue weighted by Crippen LogP contribution is 2.38. The molecule has 1 saturated carbocycles. The van der Waals surface area contributed by atoms with Crippen LogP contribution >= 0.6 is 0 Å². The molecule has 1 amide bonds. The van der Waals surface area contributed by atoms with Crippen LogP contribution in [-0.4, -0.2) is 163 Å². The molecule has 74 heavy (non-hydrogen) atoms. The fourth-order valence-electron chi connectivity index (χ4n) is 11.7. The number of cyclic esters (lactones) is 1. The Kier molecular flexibility index (Phi) is 23.5. The molecule has 0 aromatic carbocycles. The van der Waals surface area contributed by atoms with E-state index in [1.807, 2.05) is 43.1 Å². The van der Waals surface area contributed by atoms with Crippen molar-refractivity contribution in [2.75, 3.05) is 47.5 Å². The number of carbonyl (C=O) groups is 5. The lowest BCUT2D eigenvalue weighted by Crippen LogP contribution is -2.61. The molecule has 1 aliphatic carbocycles. The first-order chi connectivity index (χ1) is 35.1. The third-order valence-corrected chi connectivity index (χ3v) is 16.6. The molecule has 5 aliphatic rings. The maximum Gasteiger partial charge on any atom is 0.329 e. The van der Waals surface area contributed by atoms with Gasteiger partial charge in [-0.2, -0.15) is 0 Å². The number of rotatable bonds is 9. The Morgan fingerprint density at radius 3 is 2.28 bits per heavy atom. The minimum Gasteiger partial charge on any atom is -0.460 e. The monoisotopic (exact) mass is 1040 g/mol. The van der Waals surface area contributed by atoms with Crippen LogP contribution in [0.15, 0.2) is 59.8 Å². The first-order valence-electron chi connectivity index (χ1n) is 27.3. The van der Waals surface area contributed by atoms with Gasteiger partial charge < -0.3 is 48.6 Å². The van der Waals surface area contributed by atoms with Gasteiger partial charge in [-0.25, -0.2) is 4.79 Å². The second-order valence-corrected chi connectivity index (χ2v) is 22.4. The molecule has 0 aromatic heterocycles. The maximum absolute atomic E-state index is 14.6. The summed E-state index contributed by atoms with van der Waals surface area (Å²) < 4.78 is 36.1. The fourth-order valence-corrected chi connectivity index (χ4v) is 11.7. The highest BCUT2D eigenvalue weighted by atomic mass is 16.6. The number of carbonyl (C=O) groups excluding carboxylic acids is 5. The summed E-state index contributed by atoms with van der Waals surface area (Å²) in [5.41, 5.74) is 2.16. The molecule has 5 rings (SSSR count). The molecule has 16 atom stereocenters. The van der Waals surface area contributed by atoms with Crippen molar-refractivity contribution in [2.24, 2.45) is 35.5 Å². The zero-order valence-electron chi connectivity index (χ0n) is 46.1. The predicted octanol–water partition coefficient (Wildman–Crippen LogP) is 6.79. The Labute approximate surface area is 440 Å². The van der Waals surface area contributed by atoms with Crippen LogP contribution in [0.4, 0.5) is 0 Å².